The molecule has 1 amide bonds. The number of aromatic nitrogens is 4. The first kappa shape index (κ1) is 24.5. The normalized spacial score (nSPS) is 17.2. The first-order valence-electron chi connectivity index (χ1n) is 13.4. The van der Waals surface area contributed by atoms with E-state index in [1.807, 2.05) is 30.6 Å². The Hall–Kier alpha value is -3.82. The van der Waals surface area contributed by atoms with Gasteiger partial charge in [0.25, 0.3) is 5.91 Å². The Morgan fingerprint density at radius 3 is 2.74 bits per heavy atom. The van der Waals surface area contributed by atoms with Crippen LogP contribution in [-0.4, -0.2) is 75.2 Å². The van der Waals surface area contributed by atoms with Crippen LogP contribution in [0.15, 0.2) is 55.0 Å². The SMILES string of the molecule is CN1CCC(Oc2cc(NC(=O)c3n[nH]c4ccc(-c5cncc(CN6CCCC6)c5)cc34)ccn2)CC1. The maximum atomic E-state index is 13.2. The van der Waals surface area contributed by atoms with Crippen molar-refractivity contribution in [2.75, 3.05) is 38.5 Å². The van der Waals surface area contributed by atoms with Gasteiger partial charge in [0, 0.05) is 60.9 Å². The fourth-order valence-corrected chi connectivity index (χ4v) is 5.31. The maximum Gasteiger partial charge on any atom is 0.276 e. The molecule has 0 atom stereocenters. The van der Waals surface area contributed by atoms with Gasteiger partial charge in [-0.3, -0.25) is 19.8 Å². The Kier molecular flexibility index (Phi) is 7.02. The van der Waals surface area contributed by atoms with Gasteiger partial charge in [-0.1, -0.05) is 6.07 Å². The third kappa shape index (κ3) is 5.54. The minimum atomic E-state index is -0.286. The summed E-state index contributed by atoms with van der Waals surface area (Å²) < 4.78 is 6.08. The Morgan fingerprint density at radius 2 is 1.89 bits per heavy atom. The van der Waals surface area contributed by atoms with Crippen LogP contribution in [0.3, 0.4) is 0 Å². The number of likely N-dealkylation sites (tertiary alicyclic amines) is 2. The second kappa shape index (κ2) is 10.9. The number of carbonyl (C=O) groups excluding carboxylic acids is 1. The van der Waals surface area contributed by atoms with E-state index in [-0.39, 0.29) is 12.0 Å². The van der Waals surface area contributed by atoms with Crippen molar-refractivity contribution in [3.8, 4) is 17.0 Å². The van der Waals surface area contributed by atoms with Crippen molar-refractivity contribution < 1.29 is 9.53 Å². The molecule has 3 aromatic heterocycles. The molecule has 2 aliphatic rings. The monoisotopic (exact) mass is 511 g/mol. The lowest BCUT2D eigenvalue weighted by Crippen LogP contribution is -2.35. The molecule has 2 saturated heterocycles. The van der Waals surface area contributed by atoms with E-state index in [1.165, 1.54) is 18.4 Å². The van der Waals surface area contributed by atoms with Crippen molar-refractivity contribution in [1.82, 2.24) is 30.0 Å². The smallest absolute Gasteiger partial charge is 0.276 e. The molecule has 1 aromatic carbocycles. The fourth-order valence-electron chi connectivity index (χ4n) is 5.31. The molecule has 0 unspecified atom stereocenters. The molecule has 2 aliphatic heterocycles. The van der Waals surface area contributed by atoms with Gasteiger partial charge >= 0.3 is 0 Å². The molecule has 9 heteroatoms. The highest BCUT2D eigenvalue weighted by molar-refractivity contribution is 6.11. The van der Waals surface area contributed by atoms with E-state index in [4.69, 9.17) is 4.74 Å². The van der Waals surface area contributed by atoms with E-state index in [0.717, 1.165) is 67.6 Å². The van der Waals surface area contributed by atoms with Gasteiger partial charge in [0.05, 0.1) is 5.52 Å². The van der Waals surface area contributed by atoms with E-state index < -0.39 is 0 Å². The van der Waals surface area contributed by atoms with Crippen LogP contribution in [-0.2, 0) is 6.54 Å². The molecule has 38 heavy (non-hydrogen) atoms. The van der Waals surface area contributed by atoms with Crippen LogP contribution in [0.1, 0.15) is 41.7 Å². The molecular weight excluding hydrogens is 478 g/mol. The summed E-state index contributed by atoms with van der Waals surface area (Å²) in [6.45, 7) is 5.22. The van der Waals surface area contributed by atoms with Crippen molar-refractivity contribution in [2.24, 2.45) is 0 Å². The van der Waals surface area contributed by atoms with Gasteiger partial charge in [-0.2, -0.15) is 5.10 Å². The Balaban J connectivity index is 1.18. The molecule has 0 radical (unpaired) electrons. The standard InChI is InChI=1S/C29H33N7O2/c1-35-12-7-24(8-13-35)38-27-16-23(6-9-31-27)32-29(37)28-25-15-21(4-5-26(25)33-34-28)22-14-20(17-30-18-22)19-36-10-2-3-11-36/h4-6,9,14-18,24H,2-3,7-8,10-13,19H2,1H3,(H,33,34)(H,31,32,37). The molecule has 0 bridgehead atoms. The Labute approximate surface area is 222 Å². The topological polar surface area (TPSA) is 99.3 Å². The highest BCUT2D eigenvalue weighted by Gasteiger charge is 2.20. The third-order valence-electron chi connectivity index (χ3n) is 7.46. The predicted octanol–water partition coefficient (Wildman–Crippen LogP) is 4.34. The minimum absolute atomic E-state index is 0.140. The maximum absolute atomic E-state index is 13.2. The molecule has 0 saturated carbocycles. The lowest BCUT2D eigenvalue weighted by atomic mass is 10.0. The number of amides is 1. The van der Waals surface area contributed by atoms with E-state index in [9.17, 15) is 4.79 Å². The summed E-state index contributed by atoms with van der Waals surface area (Å²) in [5, 5.41) is 11.0. The summed E-state index contributed by atoms with van der Waals surface area (Å²) in [6, 6.07) is 11.7. The summed E-state index contributed by atoms with van der Waals surface area (Å²) in [6.07, 6.45) is 10.1. The number of hydrogen-bond donors (Lipinski definition) is 2. The van der Waals surface area contributed by atoms with Gasteiger partial charge < -0.3 is 15.0 Å². The number of fused-ring (bicyclic) bond motifs is 1. The van der Waals surface area contributed by atoms with Gasteiger partial charge in [0.1, 0.15) is 6.10 Å². The summed E-state index contributed by atoms with van der Waals surface area (Å²) in [7, 11) is 2.12. The van der Waals surface area contributed by atoms with Crippen LogP contribution in [0.2, 0.25) is 0 Å². The number of nitrogens with one attached hydrogen (secondary N) is 2. The number of nitrogens with zero attached hydrogens (tertiary/aromatic N) is 5. The van der Waals surface area contributed by atoms with Crippen molar-refractivity contribution >= 4 is 22.5 Å². The number of benzene rings is 1. The van der Waals surface area contributed by atoms with Crippen LogP contribution < -0.4 is 10.1 Å². The molecule has 196 valence electrons. The number of H-pyrrole nitrogens is 1. The summed E-state index contributed by atoms with van der Waals surface area (Å²) >= 11 is 0. The summed E-state index contributed by atoms with van der Waals surface area (Å²) in [5.74, 6) is 0.235. The quantitative estimate of drug-likeness (QED) is 0.381. The Bertz CT molecular complexity index is 1420. The highest BCUT2D eigenvalue weighted by Crippen LogP contribution is 2.27. The van der Waals surface area contributed by atoms with Gasteiger partial charge in [-0.05, 0) is 81.2 Å². The number of piperidine rings is 1. The third-order valence-corrected chi connectivity index (χ3v) is 7.46. The van der Waals surface area contributed by atoms with Crippen molar-refractivity contribution in [2.45, 2.75) is 38.3 Å². The zero-order valence-corrected chi connectivity index (χ0v) is 21.7. The molecule has 2 fully saturated rings. The molecule has 0 aliphatic carbocycles. The van der Waals surface area contributed by atoms with E-state index in [2.05, 4.69) is 48.4 Å². The number of pyridine rings is 2. The number of ether oxygens (including phenoxy) is 1. The van der Waals surface area contributed by atoms with Gasteiger partial charge in [-0.25, -0.2) is 4.98 Å². The molecule has 2 N–H and O–H groups in total. The second-order valence-electron chi connectivity index (χ2n) is 10.4. The second-order valence-corrected chi connectivity index (χ2v) is 10.4. The molecule has 6 rings (SSSR count). The van der Waals surface area contributed by atoms with Crippen LogP contribution in [0, 0.1) is 0 Å². The first-order valence-corrected chi connectivity index (χ1v) is 13.4. The number of hydrogen-bond acceptors (Lipinski definition) is 7. The molecule has 9 nitrogen and oxygen atoms in total. The zero-order valence-electron chi connectivity index (χ0n) is 21.7. The number of aromatic amines is 1. The summed E-state index contributed by atoms with van der Waals surface area (Å²) in [4.78, 5) is 26.8. The largest absolute Gasteiger partial charge is 0.474 e. The van der Waals surface area contributed by atoms with Crippen molar-refractivity contribution in [3.05, 3.63) is 66.2 Å². The zero-order chi connectivity index (χ0) is 25.9. The van der Waals surface area contributed by atoms with Crippen LogP contribution in [0.5, 0.6) is 5.88 Å². The van der Waals surface area contributed by atoms with Gasteiger partial charge in [0.2, 0.25) is 5.88 Å². The lowest BCUT2D eigenvalue weighted by molar-refractivity contribution is 0.102. The first-order chi connectivity index (χ1) is 18.6. The van der Waals surface area contributed by atoms with Crippen LogP contribution >= 0.6 is 0 Å². The van der Waals surface area contributed by atoms with Gasteiger partial charge in [0.15, 0.2) is 5.69 Å². The van der Waals surface area contributed by atoms with E-state index in [0.29, 0.717) is 17.3 Å². The van der Waals surface area contributed by atoms with Crippen molar-refractivity contribution in [3.63, 3.8) is 0 Å². The molecule has 5 heterocycles. The number of rotatable bonds is 7. The summed E-state index contributed by atoms with van der Waals surface area (Å²) in [5.41, 5.74) is 5.01. The molecular formula is C29H33N7O2. The predicted molar refractivity (Wildman–Crippen MR) is 147 cm³/mol. The highest BCUT2D eigenvalue weighted by atomic mass is 16.5. The molecule has 0 spiro atoms. The van der Waals surface area contributed by atoms with Crippen molar-refractivity contribution in [1.29, 1.82) is 0 Å². The number of carbonyl (C=O) groups is 1. The average Bonchev–Trinajstić information content (AvgIpc) is 3.60. The fraction of sp³-hybridized carbons (Fsp3) is 0.379. The average molecular weight is 512 g/mol. The van der Waals surface area contributed by atoms with Gasteiger partial charge in [-0.15, -0.1) is 0 Å². The Morgan fingerprint density at radius 1 is 1.05 bits per heavy atom. The molecule has 4 aromatic rings. The number of anilines is 1. The lowest BCUT2D eigenvalue weighted by Gasteiger charge is -2.28. The minimum Gasteiger partial charge on any atom is -0.474 e. The van der Waals surface area contributed by atoms with Crippen LogP contribution in [0.25, 0.3) is 22.0 Å². The van der Waals surface area contributed by atoms with Crippen LogP contribution in [0.4, 0.5) is 5.69 Å². The van der Waals surface area contributed by atoms with E-state index >= 15 is 0 Å². The van der Waals surface area contributed by atoms with E-state index in [1.54, 1.807) is 18.3 Å².